The molecule has 2 bridgehead atoms. The number of fused-ring (bicyclic) bond motifs is 4. The Labute approximate surface area is 164 Å². The lowest BCUT2D eigenvalue weighted by Gasteiger charge is -2.45. The number of H-pyrrole nitrogens is 1. The third-order valence-electron chi connectivity index (χ3n) is 5.72. The molecule has 0 radical (unpaired) electrons. The topological polar surface area (TPSA) is 74.7 Å². The summed E-state index contributed by atoms with van der Waals surface area (Å²) >= 11 is 0. The van der Waals surface area contributed by atoms with Crippen molar-refractivity contribution in [2.24, 2.45) is 10.9 Å². The van der Waals surface area contributed by atoms with Crippen molar-refractivity contribution >= 4 is 6.21 Å². The molecule has 2 aromatic rings. The van der Waals surface area contributed by atoms with Gasteiger partial charge in [-0.1, -0.05) is 17.7 Å². The van der Waals surface area contributed by atoms with E-state index in [0.717, 1.165) is 29.7 Å². The van der Waals surface area contributed by atoms with Crippen LogP contribution >= 0.6 is 0 Å². The van der Waals surface area contributed by atoms with Crippen LogP contribution in [0.15, 0.2) is 63.4 Å². The molecule has 5 nitrogen and oxygen atoms in total. The highest BCUT2D eigenvalue weighted by Gasteiger charge is 2.46. The summed E-state index contributed by atoms with van der Waals surface area (Å²) in [5, 5.41) is 10.1. The number of ether oxygens (including phenoxy) is 1. The van der Waals surface area contributed by atoms with Gasteiger partial charge in [-0.3, -0.25) is 9.79 Å². The van der Waals surface area contributed by atoms with Crippen molar-refractivity contribution in [3.8, 4) is 11.5 Å². The number of aliphatic imine (C=N–C) groups is 1. The van der Waals surface area contributed by atoms with E-state index in [1.54, 1.807) is 24.4 Å². The molecule has 144 valence electrons. The van der Waals surface area contributed by atoms with Crippen molar-refractivity contribution in [2.75, 3.05) is 7.11 Å². The average Bonchev–Trinajstić information content (AvgIpc) is 2.65. The SMILES string of the molecule is C/C=C1\[C@H]2C=C(C)C[C@]1(N=Cc1ccc(OC)c(O)c1)c1ccc(=O)[nH]c1C2. The van der Waals surface area contributed by atoms with Gasteiger partial charge >= 0.3 is 0 Å². The van der Waals surface area contributed by atoms with Crippen LogP contribution in [-0.4, -0.2) is 23.4 Å². The van der Waals surface area contributed by atoms with Gasteiger partial charge in [0.2, 0.25) is 5.56 Å². The van der Waals surface area contributed by atoms with Gasteiger partial charge in [0.1, 0.15) is 5.54 Å². The van der Waals surface area contributed by atoms with E-state index in [1.807, 2.05) is 12.1 Å². The first kappa shape index (κ1) is 18.3. The smallest absolute Gasteiger partial charge is 0.248 e. The molecule has 2 aliphatic carbocycles. The quantitative estimate of drug-likeness (QED) is 0.631. The maximum Gasteiger partial charge on any atom is 0.248 e. The van der Waals surface area contributed by atoms with Crippen LogP contribution in [0.2, 0.25) is 0 Å². The lowest BCUT2D eigenvalue weighted by atomic mass is 9.63. The molecule has 0 aliphatic heterocycles. The first-order chi connectivity index (χ1) is 13.5. The monoisotopic (exact) mass is 376 g/mol. The predicted molar refractivity (Wildman–Crippen MR) is 110 cm³/mol. The second kappa shape index (κ2) is 6.82. The van der Waals surface area contributed by atoms with Gasteiger partial charge < -0.3 is 14.8 Å². The number of aromatic amines is 1. The number of benzene rings is 1. The van der Waals surface area contributed by atoms with E-state index >= 15 is 0 Å². The zero-order valence-corrected chi connectivity index (χ0v) is 16.3. The Hall–Kier alpha value is -3.08. The summed E-state index contributed by atoms with van der Waals surface area (Å²) in [5.41, 5.74) is 4.74. The maximum atomic E-state index is 11.9. The summed E-state index contributed by atoms with van der Waals surface area (Å²) in [4.78, 5) is 20.0. The number of methoxy groups -OCH3 is 1. The molecular weight excluding hydrogens is 352 g/mol. The number of phenols is 1. The van der Waals surface area contributed by atoms with Gasteiger partial charge in [0.25, 0.3) is 0 Å². The third kappa shape index (κ3) is 2.87. The molecular formula is C23H24N2O3. The largest absolute Gasteiger partial charge is 0.504 e. The number of nitrogens with one attached hydrogen (secondary N) is 1. The lowest BCUT2D eigenvalue weighted by Crippen LogP contribution is -2.40. The Bertz CT molecular complexity index is 1080. The minimum atomic E-state index is -0.536. The molecule has 2 N–H and O–H groups in total. The maximum absolute atomic E-state index is 11.9. The first-order valence-electron chi connectivity index (χ1n) is 9.45. The van der Waals surface area contributed by atoms with Crippen LogP contribution < -0.4 is 10.3 Å². The Balaban J connectivity index is 1.87. The second-order valence-corrected chi connectivity index (χ2v) is 7.51. The van der Waals surface area contributed by atoms with Gasteiger partial charge in [0.15, 0.2) is 11.5 Å². The van der Waals surface area contributed by atoms with Gasteiger partial charge in [0, 0.05) is 35.9 Å². The van der Waals surface area contributed by atoms with E-state index in [-0.39, 0.29) is 17.2 Å². The van der Waals surface area contributed by atoms with Gasteiger partial charge in [-0.15, -0.1) is 0 Å². The van der Waals surface area contributed by atoms with Gasteiger partial charge in [-0.05, 0) is 55.7 Å². The van der Waals surface area contributed by atoms with E-state index in [0.29, 0.717) is 5.75 Å². The highest BCUT2D eigenvalue weighted by atomic mass is 16.5. The zero-order valence-electron chi connectivity index (χ0n) is 16.3. The van der Waals surface area contributed by atoms with Crippen molar-refractivity contribution in [2.45, 2.75) is 32.2 Å². The molecule has 0 saturated heterocycles. The molecule has 1 aromatic carbocycles. The molecule has 0 spiro atoms. The number of aromatic hydroxyl groups is 1. The van der Waals surface area contributed by atoms with Crippen LogP contribution in [0.3, 0.4) is 0 Å². The first-order valence-corrected chi connectivity index (χ1v) is 9.45. The standard InChI is InChI=1S/C23H24N2O3/c1-4-17-16-9-14(2)12-23(17,18-6-8-22(27)25-19(18)11-16)24-13-15-5-7-21(28-3)20(26)10-15/h4-10,13,16,26H,11-12H2,1-3H3,(H,25,27)/b17-4+,24-13?/t16-,23+/m0/s1. The number of pyridine rings is 1. The Morgan fingerprint density at radius 2 is 2.14 bits per heavy atom. The number of nitrogens with zero attached hydrogens (tertiary/aromatic N) is 1. The summed E-state index contributed by atoms with van der Waals surface area (Å²) in [6, 6.07) is 8.74. The summed E-state index contributed by atoms with van der Waals surface area (Å²) in [6.45, 7) is 4.19. The van der Waals surface area contributed by atoms with Crippen molar-refractivity contribution in [3.05, 3.63) is 80.8 Å². The molecule has 28 heavy (non-hydrogen) atoms. The fourth-order valence-corrected chi connectivity index (χ4v) is 4.62. The van der Waals surface area contributed by atoms with Gasteiger partial charge in [0.05, 0.1) is 7.11 Å². The van der Waals surface area contributed by atoms with Gasteiger partial charge in [-0.2, -0.15) is 0 Å². The minimum Gasteiger partial charge on any atom is -0.504 e. The predicted octanol–water partition coefficient (Wildman–Crippen LogP) is 3.87. The van der Waals surface area contributed by atoms with E-state index in [2.05, 4.69) is 31.0 Å². The second-order valence-electron chi connectivity index (χ2n) is 7.51. The third-order valence-corrected chi connectivity index (χ3v) is 5.72. The van der Waals surface area contributed by atoms with Gasteiger partial charge in [-0.25, -0.2) is 0 Å². The Morgan fingerprint density at radius 3 is 2.86 bits per heavy atom. The molecule has 0 saturated carbocycles. The number of phenolic OH excluding ortho intramolecular Hbond substituents is 1. The molecule has 4 rings (SSSR count). The number of hydrogen-bond acceptors (Lipinski definition) is 4. The van der Waals surface area contributed by atoms with E-state index in [1.165, 1.54) is 18.3 Å². The van der Waals surface area contributed by atoms with Crippen molar-refractivity contribution in [1.82, 2.24) is 4.98 Å². The van der Waals surface area contributed by atoms with E-state index in [4.69, 9.17) is 9.73 Å². The number of rotatable bonds is 3. The molecule has 0 unspecified atom stereocenters. The van der Waals surface area contributed by atoms with Crippen LogP contribution in [-0.2, 0) is 12.0 Å². The fourth-order valence-electron chi connectivity index (χ4n) is 4.62. The Kier molecular flexibility index (Phi) is 4.46. The van der Waals surface area contributed by atoms with Crippen LogP contribution in [0.5, 0.6) is 11.5 Å². The summed E-state index contributed by atoms with van der Waals surface area (Å²) in [7, 11) is 1.52. The molecule has 0 amide bonds. The summed E-state index contributed by atoms with van der Waals surface area (Å²) < 4.78 is 5.12. The van der Waals surface area contributed by atoms with Crippen LogP contribution in [0, 0.1) is 5.92 Å². The van der Waals surface area contributed by atoms with Crippen molar-refractivity contribution in [3.63, 3.8) is 0 Å². The molecule has 1 aromatic heterocycles. The average molecular weight is 376 g/mol. The number of aromatic nitrogens is 1. The Morgan fingerprint density at radius 1 is 1.32 bits per heavy atom. The van der Waals surface area contributed by atoms with Crippen molar-refractivity contribution in [1.29, 1.82) is 0 Å². The van der Waals surface area contributed by atoms with Crippen LogP contribution in [0.4, 0.5) is 0 Å². The van der Waals surface area contributed by atoms with Crippen LogP contribution in [0.25, 0.3) is 0 Å². The highest BCUT2D eigenvalue weighted by Crippen LogP contribution is 2.51. The molecule has 5 heteroatoms. The molecule has 1 heterocycles. The summed E-state index contributed by atoms with van der Waals surface area (Å²) in [6.07, 6.45) is 7.80. The summed E-state index contributed by atoms with van der Waals surface area (Å²) in [5.74, 6) is 0.744. The highest BCUT2D eigenvalue weighted by molar-refractivity contribution is 5.82. The molecule has 2 atom stereocenters. The molecule has 2 aliphatic rings. The van der Waals surface area contributed by atoms with Crippen molar-refractivity contribution < 1.29 is 9.84 Å². The normalized spacial score (nSPS) is 24.9. The fraction of sp³-hybridized carbons (Fsp3) is 0.304. The van der Waals surface area contributed by atoms with E-state index in [9.17, 15) is 9.90 Å². The minimum absolute atomic E-state index is 0.0827. The number of hydrogen-bond donors (Lipinski definition) is 2. The lowest BCUT2D eigenvalue weighted by molar-refractivity contribution is 0.373. The van der Waals surface area contributed by atoms with E-state index < -0.39 is 5.54 Å². The zero-order chi connectivity index (χ0) is 19.9. The van der Waals surface area contributed by atoms with Crippen LogP contribution in [0.1, 0.15) is 37.1 Å². The number of allylic oxidation sites excluding steroid dienone is 2. The molecule has 0 fully saturated rings.